The van der Waals surface area contributed by atoms with Crippen LogP contribution in [0.4, 0.5) is 11.6 Å². The highest BCUT2D eigenvalue weighted by Gasteiger charge is 2.05. The Hall–Kier alpha value is -1.89. The summed E-state index contributed by atoms with van der Waals surface area (Å²) in [6, 6.07) is 1.67. The second-order valence-electron chi connectivity index (χ2n) is 3.76. The molecule has 1 aromatic heterocycles. The van der Waals surface area contributed by atoms with Crippen molar-refractivity contribution in [1.29, 1.82) is 0 Å². The number of aryl methyl sites for hydroxylation is 1. The Labute approximate surface area is 107 Å². The van der Waals surface area contributed by atoms with Crippen LogP contribution in [-0.2, 0) is 11.2 Å². The lowest BCUT2D eigenvalue weighted by Crippen LogP contribution is -2.29. The van der Waals surface area contributed by atoms with Gasteiger partial charge in [-0.05, 0) is 13.3 Å². The second-order valence-corrected chi connectivity index (χ2v) is 3.76. The summed E-state index contributed by atoms with van der Waals surface area (Å²) in [4.78, 5) is 19.8. The number of amides is 1. The number of nitrogen functional groups attached to an aromatic ring is 1. The third-order valence-corrected chi connectivity index (χ3v) is 2.20. The lowest BCUT2D eigenvalue weighted by Gasteiger charge is -2.09. The van der Waals surface area contributed by atoms with Gasteiger partial charge in [-0.25, -0.2) is 15.8 Å². The van der Waals surface area contributed by atoms with E-state index in [2.05, 4.69) is 26.0 Å². The van der Waals surface area contributed by atoms with Crippen molar-refractivity contribution >= 4 is 17.5 Å². The van der Waals surface area contributed by atoms with Crippen molar-refractivity contribution in [1.82, 2.24) is 15.3 Å². The molecule has 0 aliphatic rings. The summed E-state index contributed by atoms with van der Waals surface area (Å²) in [7, 11) is 0. The summed E-state index contributed by atoms with van der Waals surface area (Å²) < 4.78 is 0. The Morgan fingerprint density at radius 1 is 1.33 bits per heavy atom. The maximum Gasteiger partial charge on any atom is 0.239 e. The lowest BCUT2D eigenvalue weighted by atomic mass is 10.3. The molecule has 18 heavy (non-hydrogen) atoms. The fourth-order valence-corrected chi connectivity index (χ4v) is 1.43. The van der Waals surface area contributed by atoms with Gasteiger partial charge in [0.25, 0.3) is 0 Å². The minimum atomic E-state index is -0.0737. The second kappa shape index (κ2) is 7.44. The number of carbonyl (C=O) groups excluding carboxylic acids is 1. The summed E-state index contributed by atoms with van der Waals surface area (Å²) in [5.41, 5.74) is 2.49. The molecule has 0 spiro atoms. The smallest absolute Gasteiger partial charge is 0.239 e. The summed E-state index contributed by atoms with van der Waals surface area (Å²) in [5.74, 6) is 7.09. The Balaban J connectivity index is 2.68. The van der Waals surface area contributed by atoms with E-state index in [1.165, 1.54) is 0 Å². The van der Waals surface area contributed by atoms with E-state index in [9.17, 15) is 4.79 Å². The van der Waals surface area contributed by atoms with Gasteiger partial charge in [0.15, 0.2) is 0 Å². The molecule has 100 valence electrons. The zero-order valence-corrected chi connectivity index (χ0v) is 10.8. The fraction of sp³-hybridized carbons (Fsp3) is 0.545. The zero-order valence-electron chi connectivity index (χ0n) is 10.8. The molecule has 5 N–H and O–H groups in total. The van der Waals surface area contributed by atoms with Crippen LogP contribution >= 0.6 is 0 Å². The van der Waals surface area contributed by atoms with Crippen molar-refractivity contribution in [2.75, 3.05) is 23.8 Å². The van der Waals surface area contributed by atoms with E-state index in [0.29, 0.717) is 24.0 Å². The normalized spacial score (nSPS) is 9.94. The molecule has 0 radical (unpaired) electrons. The molecule has 0 atom stereocenters. The molecule has 0 bridgehead atoms. The first kappa shape index (κ1) is 14.2. The summed E-state index contributed by atoms with van der Waals surface area (Å²) in [6.45, 7) is 4.72. The first-order valence-corrected chi connectivity index (χ1v) is 6.04. The van der Waals surface area contributed by atoms with Crippen LogP contribution in [0, 0.1) is 0 Å². The monoisotopic (exact) mass is 252 g/mol. The van der Waals surface area contributed by atoms with Gasteiger partial charge < -0.3 is 16.1 Å². The SMILES string of the molecule is CCCc1nc(NN)cc(NCC(=O)NCC)n1. The molecule has 0 fully saturated rings. The first-order valence-electron chi connectivity index (χ1n) is 6.04. The highest BCUT2D eigenvalue weighted by molar-refractivity contribution is 5.80. The molecule has 0 unspecified atom stereocenters. The van der Waals surface area contributed by atoms with Gasteiger partial charge in [0.05, 0.1) is 6.54 Å². The van der Waals surface area contributed by atoms with Gasteiger partial charge in [0.1, 0.15) is 17.5 Å². The van der Waals surface area contributed by atoms with E-state index in [-0.39, 0.29) is 12.5 Å². The van der Waals surface area contributed by atoms with Gasteiger partial charge in [-0.2, -0.15) is 0 Å². The summed E-state index contributed by atoms with van der Waals surface area (Å²) in [5, 5.41) is 5.64. The Bertz CT molecular complexity index is 395. The van der Waals surface area contributed by atoms with Gasteiger partial charge in [-0.3, -0.25) is 4.79 Å². The molecule has 7 nitrogen and oxygen atoms in total. The van der Waals surface area contributed by atoms with Crippen LogP contribution in [0.15, 0.2) is 6.07 Å². The van der Waals surface area contributed by atoms with Gasteiger partial charge in [-0.15, -0.1) is 0 Å². The number of rotatable bonds is 7. The number of nitrogens with two attached hydrogens (primary N) is 1. The van der Waals surface area contributed by atoms with Crippen LogP contribution in [0.2, 0.25) is 0 Å². The maximum atomic E-state index is 11.3. The van der Waals surface area contributed by atoms with Crippen LogP contribution in [-0.4, -0.2) is 29.0 Å². The predicted octanol–water partition coefficient (Wildman–Crippen LogP) is 0.263. The molecule has 0 aliphatic heterocycles. The molecule has 1 rings (SSSR count). The number of nitrogens with zero attached hydrogens (tertiary/aromatic N) is 2. The highest BCUT2D eigenvalue weighted by Crippen LogP contribution is 2.11. The largest absolute Gasteiger partial charge is 0.361 e. The van der Waals surface area contributed by atoms with Crippen molar-refractivity contribution in [3.8, 4) is 0 Å². The van der Waals surface area contributed by atoms with E-state index >= 15 is 0 Å². The molecule has 0 saturated heterocycles. The van der Waals surface area contributed by atoms with Crippen LogP contribution in [0.1, 0.15) is 26.1 Å². The topological polar surface area (TPSA) is 105 Å². The van der Waals surface area contributed by atoms with Crippen molar-refractivity contribution in [3.63, 3.8) is 0 Å². The maximum absolute atomic E-state index is 11.3. The van der Waals surface area contributed by atoms with E-state index in [1.807, 2.05) is 13.8 Å². The molecule has 1 heterocycles. The highest BCUT2D eigenvalue weighted by atomic mass is 16.1. The number of hydrogen-bond donors (Lipinski definition) is 4. The average molecular weight is 252 g/mol. The molecular formula is C11H20N6O. The minimum Gasteiger partial charge on any atom is -0.361 e. The van der Waals surface area contributed by atoms with Crippen LogP contribution < -0.4 is 21.9 Å². The third-order valence-electron chi connectivity index (χ3n) is 2.20. The van der Waals surface area contributed by atoms with E-state index < -0.39 is 0 Å². The van der Waals surface area contributed by atoms with Crippen LogP contribution in [0.3, 0.4) is 0 Å². The molecule has 0 saturated carbocycles. The van der Waals surface area contributed by atoms with Crippen molar-refractivity contribution in [2.24, 2.45) is 5.84 Å². The van der Waals surface area contributed by atoms with E-state index in [1.54, 1.807) is 6.07 Å². The Morgan fingerprint density at radius 2 is 2.06 bits per heavy atom. The third kappa shape index (κ3) is 4.54. The van der Waals surface area contributed by atoms with Gasteiger partial charge in [-0.1, -0.05) is 6.92 Å². The zero-order chi connectivity index (χ0) is 13.4. The Kier molecular flexibility index (Phi) is 5.86. The quantitative estimate of drug-likeness (QED) is 0.410. The summed E-state index contributed by atoms with van der Waals surface area (Å²) >= 11 is 0. The molecule has 7 heteroatoms. The average Bonchev–Trinajstić information content (AvgIpc) is 2.37. The van der Waals surface area contributed by atoms with Gasteiger partial charge >= 0.3 is 0 Å². The standard InChI is InChI=1S/C11H20N6O/c1-3-5-8-15-9(6-10(16-8)17-12)14-7-11(18)13-4-2/h6H,3-5,7,12H2,1-2H3,(H,13,18)(H2,14,15,16,17). The fourth-order valence-electron chi connectivity index (χ4n) is 1.43. The van der Waals surface area contributed by atoms with Crippen molar-refractivity contribution < 1.29 is 4.79 Å². The minimum absolute atomic E-state index is 0.0737. The summed E-state index contributed by atoms with van der Waals surface area (Å²) in [6.07, 6.45) is 1.72. The van der Waals surface area contributed by atoms with E-state index in [4.69, 9.17) is 5.84 Å². The number of nitrogens with one attached hydrogen (secondary N) is 3. The first-order chi connectivity index (χ1) is 8.69. The van der Waals surface area contributed by atoms with Crippen LogP contribution in [0.25, 0.3) is 0 Å². The van der Waals surface area contributed by atoms with Gasteiger partial charge in [0.2, 0.25) is 5.91 Å². The van der Waals surface area contributed by atoms with Crippen molar-refractivity contribution in [3.05, 3.63) is 11.9 Å². The van der Waals surface area contributed by atoms with E-state index in [0.717, 1.165) is 12.8 Å². The molecular weight excluding hydrogens is 232 g/mol. The Morgan fingerprint density at radius 3 is 2.67 bits per heavy atom. The predicted molar refractivity (Wildman–Crippen MR) is 71.0 cm³/mol. The van der Waals surface area contributed by atoms with Crippen molar-refractivity contribution in [2.45, 2.75) is 26.7 Å². The lowest BCUT2D eigenvalue weighted by molar-refractivity contribution is -0.119. The number of carbonyl (C=O) groups is 1. The van der Waals surface area contributed by atoms with Crippen LogP contribution in [0.5, 0.6) is 0 Å². The molecule has 1 amide bonds. The van der Waals surface area contributed by atoms with Gasteiger partial charge in [0, 0.05) is 19.0 Å². The number of aromatic nitrogens is 2. The molecule has 0 aliphatic carbocycles. The molecule has 0 aromatic carbocycles. The number of hydrazine groups is 1. The number of anilines is 2. The molecule has 1 aromatic rings. The number of hydrogen-bond acceptors (Lipinski definition) is 6. The number of likely N-dealkylation sites (N-methyl/N-ethyl adjacent to an activating group) is 1.